The fourth-order valence-electron chi connectivity index (χ4n) is 1.57. The van der Waals surface area contributed by atoms with Crippen LogP contribution in [-0.4, -0.2) is 28.5 Å². The fraction of sp³-hybridized carbons (Fsp3) is 0.357. The Balaban J connectivity index is 2.47. The number of thiocarbonyl (C=S) groups is 1. The zero-order valence-corrected chi connectivity index (χ0v) is 14.4. The van der Waals surface area contributed by atoms with Crippen LogP contribution in [0.5, 0.6) is 0 Å². The topological polar surface area (TPSA) is 111 Å². The third-order valence-electron chi connectivity index (χ3n) is 2.69. The lowest BCUT2D eigenvalue weighted by atomic mass is 10.3. The smallest absolute Gasteiger partial charge is 0.306 e. The minimum Gasteiger partial charge on any atom is -0.466 e. The van der Waals surface area contributed by atoms with Crippen molar-refractivity contribution in [3.8, 4) is 0 Å². The molecule has 0 aromatic heterocycles. The molecule has 0 heterocycles. The monoisotopic (exact) mass is 373 g/mol. The molecule has 10 heteroatoms. The van der Waals surface area contributed by atoms with Crippen molar-refractivity contribution in [1.29, 1.82) is 0 Å². The molecular weight excluding hydrogens is 358 g/mol. The SMILES string of the molecule is CCCOC(=O)CCC(=O)NC(=S)Nc1ccc([N+](=O)[O-])cc1Cl. The summed E-state index contributed by atoms with van der Waals surface area (Å²) in [5.74, 6) is -0.914. The van der Waals surface area contributed by atoms with E-state index in [1.54, 1.807) is 0 Å². The Morgan fingerprint density at radius 1 is 1.38 bits per heavy atom. The number of halogens is 1. The van der Waals surface area contributed by atoms with Crippen LogP contribution in [0.15, 0.2) is 18.2 Å². The van der Waals surface area contributed by atoms with Crippen molar-refractivity contribution in [2.45, 2.75) is 26.2 Å². The van der Waals surface area contributed by atoms with Gasteiger partial charge in [-0.2, -0.15) is 0 Å². The van der Waals surface area contributed by atoms with Crippen LogP contribution in [-0.2, 0) is 14.3 Å². The van der Waals surface area contributed by atoms with Gasteiger partial charge < -0.3 is 15.4 Å². The summed E-state index contributed by atoms with van der Waals surface area (Å²) in [5.41, 5.74) is 0.154. The van der Waals surface area contributed by atoms with E-state index in [4.69, 9.17) is 28.6 Å². The van der Waals surface area contributed by atoms with Crippen LogP contribution in [0.4, 0.5) is 11.4 Å². The molecule has 24 heavy (non-hydrogen) atoms. The molecule has 0 aliphatic heterocycles. The van der Waals surface area contributed by atoms with Gasteiger partial charge in [0.15, 0.2) is 5.11 Å². The van der Waals surface area contributed by atoms with Gasteiger partial charge in [-0.15, -0.1) is 0 Å². The minimum atomic E-state index is -0.576. The Labute approximate surface area is 148 Å². The summed E-state index contributed by atoms with van der Waals surface area (Å²) < 4.78 is 4.85. The van der Waals surface area contributed by atoms with Crippen LogP contribution in [0, 0.1) is 10.1 Å². The first-order valence-corrected chi connectivity index (χ1v) is 7.82. The number of hydrogen-bond donors (Lipinski definition) is 2. The maximum atomic E-state index is 11.7. The first-order chi connectivity index (χ1) is 11.3. The number of nitrogens with zero attached hydrogens (tertiary/aromatic N) is 1. The molecule has 1 aromatic rings. The molecule has 8 nitrogen and oxygen atoms in total. The maximum absolute atomic E-state index is 11.7. The zero-order chi connectivity index (χ0) is 18.1. The van der Waals surface area contributed by atoms with Crippen LogP contribution < -0.4 is 10.6 Å². The molecule has 0 saturated carbocycles. The number of nitrogens with one attached hydrogen (secondary N) is 2. The average molecular weight is 374 g/mol. The second-order valence-electron chi connectivity index (χ2n) is 4.64. The van der Waals surface area contributed by atoms with Crippen LogP contribution in [0.1, 0.15) is 26.2 Å². The molecule has 1 aromatic carbocycles. The highest BCUT2D eigenvalue weighted by Gasteiger charge is 2.12. The van der Waals surface area contributed by atoms with E-state index in [-0.39, 0.29) is 28.7 Å². The Morgan fingerprint density at radius 3 is 2.67 bits per heavy atom. The maximum Gasteiger partial charge on any atom is 0.306 e. The molecule has 2 N–H and O–H groups in total. The predicted octanol–water partition coefficient (Wildman–Crippen LogP) is 2.79. The second kappa shape index (κ2) is 9.78. The molecular formula is C14H16ClN3O5S. The number of nitro groups is 1. The van der Waals surface area contributed by atoms with Crippen molar-refractivity contribution in [1.82, 2.24) is 5.32 Å². The summed E-state index contributed by atoms with van der Waals surface area (Å²) in [6.07, 6.45) is 0.590. The Hall–Kier alpha value is -2.26. The number of benzene rings is 1. The summed E-state index contributed by atoms with van der Waals surface area (Å²) in [5, 5.41) is 15.7. The van der Waals surface area contributed by atoms with Gasteiger partial charge in [-0.1, -0.05) is 18.5 Å². The lowest BCUT2D eigenvalue weighted by molar-refractivity contribution is -0.384. The minimum absolute atomic E-state index is 0.0299. The van der Waals surface area contributed by atoms with Gasteiger partial charge in [0.1, 0.15) is 0 Å². The van der Waals surface area contributed by atoms with Crippen molar-refractivity contribution >= 4 is 52.2 Å². The van der Waals surface area contributed by atoms with Crippen molar-refractivity contribution in [3.05, 3.63) is 33.3 Å². The van der Waals surface area contributed by atoms with E-state index in [2.05, 4.69) is 10.6 Å². The Bertz CT molecular complexity index is 653. The Kier molecular flexibility index (Phi) is 8.07. The second-order valence-corrected chi connectivity index (χ2v) is 5.46. The molecule has 0 saturated heterocycles. The van der Waals surface area contributed by atoms with Crippen LogP contribution in [0.2, 0.25) is 5.02 Å². The quantitative estimate of drug-likeness (QED) is 0.327. The molecule has 0 aliphatic rings. The number of hydrogen-bond acceptors (Lipinski definition) is 6. The number of ether oxygens (including phenoxy) is 1. The summed E-state index contributed by atoms with van der Waals surface area (Å²) in [6, 6.07) is 3.79. The van der Waals surface area contributed by atoms with Gasteiger partial charge in [0.2, 0.25) is 5.91 Å². The normalized spacial score (nSPS) is 9.92. The van der Waals surface area contributed by atoms with E-state index in [9.17, 15) is 19.7 Å². The van der Waals surface area contributed by atoms with Crippen LogP contribution in [0.25, 0.3) is 0 Å². The summed E-state index contributed by atoms with van der Waals surface area (Å²) in [6.45, 7) is 2.19. The van der Waals surface area contributed by atoms with E-state index in [1.165, 1.54) is 12.1 Å². The van der Waals surface area contributed by atoms with Crippen LogP contribution in [0.3, 0.4) is 0 Å². The van der Waals surface area contributed by atoms with Gasteiger partial charge in [0.25, 0.3) is 5.69 Å². The first-order valence-electron chi connectivity index (χ1n) is 7.04. The predicted molar refractivity (Wildman–Crippen MR) is 93.0 cm³/mol. The van der Waals surface area contributed by atoms with Crippen molar-refractivity contribution < 1.29 is 19.2 Å². The van der Waals surface area contributed by atoms with Gasteiger partial charge >= 0.3 is 5.97 Å². The van der Waals surface area contributed by atoms with Gasteiger partial charge in [0.05, 0.1) is 28.7 Å². The summed E-state index contributed by atoms with van der Waals surface area (Å²) in [4.78, 5) is 33.0. The highest BCUT2D eigenvalue weighted by atomic mass is 35.5. The molecule has 130 valence electrons. The standard InChI is InChI=1S/C14H16ClN3O5S/c1-2-7-23-13(20)6-5-12(19)17-14(24)16-11-4-3-9(18(21)22)8-10(11)15/h3-4,8H,2,5-7H2,1H3,(H2,16,17,19,24). The largest absolute Gasteiger partial charge is 0.466 e. The average Bonchev–Trinajstić information content (AvgIpc) is 2.52. The molecule has 0 aliphatic carbocycles. The molecule has 0 bridgehead atoms. The van der Waals surface area contributed by atoms with Gasteiger partial charge in [-0.05, 0) is 24.7 Å². The lowest BCUT2D eigenvalue weighted by Gasteiger charge is -2.10. The number of nitro benzene ring substituents is 1. The highest BCUT2D eigenvalue weighted by Crippen LogP contribution is 2.26. The molecule has 0 atom stereocenters. The molecule has 1 rings (SSSR count). The van der Waals surface area contributed by atoms with Crippen molar-refractivity contribution in [2.75, 3.05) is 11.9 Å². The molecule has 0 unspecified atom stereocenters. The van der Waals surface area contributed by atoms with Gasteiger partial charge in [-0.25, -0.2) is 0 Å². The first kappa shape index (κ1) is 19.8. The number of esters is 1. The number of non-ortho nitro benzene ring substituents is 1. The van der Waals surface area contributed by atoms with Crippen molar-refractivity contribution in [3.63, 3.8) is 0 Å². The van der Waals surface area contributed by atoms with Gasteiger partial charge in [-0.3, -0.25) is 19.7 Å². The van der Waals surface area contributed by atoms with E-state index in [0.717, 1.165) is 6.07 Å². The third kappa shape index (κ3) is 6.88. The zero-order valence-electron chi connectivity index (χ0n) is 12.8. The molecule has 0 radical (unpaired) electrons. The van der Waals surface area contributed by atoms with E-state index >= 15 is 0 Å². The van der Waals surface area contributed by atoms with Gasteiger partial charge in [0, 0.05) is 18.6 Å². The van der Waals surface area contributed by atoms with E-state index in [0.29, 0.717) is 18.7 Å². The summed E-state index contributed by atoms with van der Waals surface area (Å²) in [7, 11) is 0. The number of rotatable bonds is 7. The summed E-state index contributed by atoms with van der Waals surface area (Å²) >= 11 is 10.9. The molecule has 1 amide bonds. The Morgan fingerprint density at radius 2 is 2.08 bits per heavy atom. The fourth-order valence-corrected chi connectivity index (χ4v) is 2.01. The van der Waals surface area contributed by atoms with E-state index in [1.807, 2.05) is 6.92 Å². The molecule has 0 fully saturated rings. The van der Waals surface area contributed by atoms with Crippen molar-refractivity contribution in [2.24, 2.45) is 0 Å². The number of carbonyl (C=O) groups excluding carboxylic acids is 2. The molecule has 0 spiro atoms. The number of carbonyl (C=O) groups is 2. The lowest BCUT2D eigenvalue weighted by Crippen LogP contribution is -2.34. The van der Waals surface area contributed by atoms with Crippen LogP contribution >= 0.6 is 23.8 Å². The number of anilines is 1. The van der Waals surface area contributed by atoms with E-state index < -0.39 is 16.8 Å². The number of amides is 1. The highest BCUT2D eigenvalue weighted by molar-refractivity contribution is 7.80. The third-order valence-corrected chi connectivity index (χ3v) is 3.20.